The van der Waals surface area contributed by atoms with Gasteiger partial charge >= 0.3 is 0 Å². The molecule has 6 heteroatoms. The van der Waals surface area contributed by atoms with E-state index in [2.05, 4.69) is 5.32 Å². The van der Waals surface area contributed by atoms with Gasteiger partial charge in [-0.1, -0.05) is 6.07 Å². The van der Waals surface area contributed by atoms with Crippen molar-refractivity contribution in [2.24, 2.45) is 0 Å². The molecule has 0 aliphatic carbocycles. The molecule has 5 nitrogen and oxygen atoms in total. The number of benzene rings is 1. The molecular weight excluding hydrogens is 266 g/mol. The molecule has 1 aromatic rings. The second-order valence-corrected chi connectivity index (χ2v) is 4.71. The zero-order chi connectivity index (χ0) is 13.8. The standard InChI is InChI=1S/C13H13NO4S/c1-3-18-9-5-4-8(6-10(9)17-2)7-11-12(15)14-13(16)19-11/h4-7H,3H2,1-2H3,(H,14,15,16)/b11-7-. The van der Waals surface area contributed by atoms with Crippen LogP contribution in [0.5, 0.6) is 11.5 Å². The van der Waals surface area contributed by atoms with Crippen molar-refractivity contribution in [3.8, 4) is 11.5 Å². The molecule has 0 radical (unpaired) electrons. The summed E-state index contributed by atoms with van der Waals surface area (Å²) in [5.41, 5.74) is 0.771. The van der Waals surface area contributed by atoms with E-state index in [1.165, 1.54) is 0 Å². The first-order valence-electron chi connectivity index (χ1n) is 5.69. The van der Waals surface area contributed by atoms with Gasteiger partial charge in [0.25, 0.3) is 11.1 Å². The van der Waals surface area contributed by atoms with Gasteiger partial charge in [-0.15, -0.1) is 0 Å². The number of ether oxygens (including phenoxy) is 2. The molecule has 0 bridgehead atoms. The van der Waals surface area contributed by atoms with Gasteiger partial charge in [-0.3, -0.25) is 14.9 Å². The van der Waals surface area contributed by atoms with Crippen molar-refractivity contribution in [1.82, 2.24) is 5.32 Å². The van der Waals surface area contributed by atoms with Gasteiger partial charge in [0.05, 0.1) is 18.6 Å². The molecule has 1 fully saturated rings. The first-order valence-corrected chi connectivity index (χ1v) is 6.51. The number of carbonyl (C=O) groups excluding carboxylic acids is 2. The van der Waals surface area contributed by atoms with Crippen LogP contribution in [-0.4, -0.2) is 24.9 Å². The minimum atomic E-state index is -0.372. The van der Waals surface area contributed by atoms with E-state index in [9.17, 15) is 9.59 Å². The Hall–Kier alpha value is -1.95. The Balaban J connectivity index is 2.29. The average Bonchev–Trinajstić information content (AvgIpc) is 2.70. The number of carbonyl (C=O) groups is 2. The maximum atomic E-state index is 11.4. The summed E-state index contributed by atoms with van der Waals surface area (Å²) in [7, 11) is 1.55. The van der Waals surface area contributed by atoms with Gasteiger partial charge in [0.2, 0.25) is 0 Å². The fourth-order valence-corrected chi connectivity index (χ4v) is 2.30. The molecule has 0 spiro atoms. The fourth-order valence-electron chi connectivity index (χ4n) is 1.62. The third-order valence-electron chi connectivity index (χ3n) is 2.43. The van der Waals surface area contributed by atoms with Gasteiger partial charge < -0.3 is 9.47 Å². The third kappa shape index (κ3) is 3.08. The second kappa shape index (κ2) is 5.79. The van der Waals surface area contributed by atoms with E-state index in [0.29, 0.717) is 23.0 Å². The highest BCUT2D eigenvalue weighted by Crippen LogP contribution is 2.31. The Kier molecular flexibility index (Phi) is 4.11. The lowest BCUT2D eigenvalue weighted by Crippen LogP contribution is -2.17. The summed E-state index contributed by atoms with van der Waals surface area (Å²) in [6, 6.07) is 5.33. The largest absolute Gasteiger partial charge is 0.493 e. The van der Waals surface area contributed by atoms with E-state index in [-0.39, 0.29) is 11.1 Å². The summed E-state index contributed by atoms with van der Waals surface area (Å²) < 4.78 is 10.6. The predicted molar refractivity (Wildman–Crippen MR) is 73.3 cm³/mol. The first kappa shape index (κ1) is 13.5. The summed E-state index contributed by atoms with van der Waals surface area (Å²) >= 11 is 0.886. The highest BCUT2D eigenvalue weighted by Gasteiger charge is 2.25. The molecule has 1 aromatic carbocycles. The summed E-state index contributed by atoms with van der Waals surface area (Å²) in [4.78, 5) is 22.9. The Labute approximate surface area is 115 Å². The number of hydrogen-bond acceptors (Lipinski definition) is 5. The SMILES string of the molecule is CCOc1ccc(/C=C2\SC(=O)NC2=O)cc1OC. The van der Waals surface area contributed by atoms with Crippen LogP contribution in [0.25, 0.3) is 6.08 Å². The Morgan fingerprint density at radius 3 is 2.68 bits per heavy atom. The number of imide groups is 1. The third-order valence-corrected chi connectivity index (χ3v) is 3.24. The molecule has 1 aliphatic rings. The molecule has 2 rings (SSSR count). The van der Waals surface area contributed by atoms with Crippen LogP contribution in [0, 0.1) is 0 Å². The lowest BCUT2D eigenvalue weighted by molar-refractivity contribution is -0.115. The average molecular weight is 279 g/mol. The monoisotopic (exact) mass is 279 g/mol. The van der Waals surface area contributed by atoms with E-state index < -0.39 is 0 Å². The van der Waals surface area contributed by atoms with Crippen LogP contribution in [0.1, 0.15) is 12.5 Å². The van der Waals surface area contributed by atoms with E-state index in [1.807, 2.05) is 6.92 Å². The lowest BCUT2D eigenvalue weighted by Gasteiger charge is -2.09. The number of amides is 2. The van der Waals surface area contributed by atoms with Gasteiger partial charge in [-0.2, -0.15) is 0 Å². The number of thioether (sulfide) groups is 1. The molecule has 1 N–H and O–H groups in total. The molecule has 2 amide bonds. The minimum Gasteiger partial charge on any atom is -0.493 e. The van der Waals surface area contributed by atoms with Crippen molar-refractivity contribution in [2.75, 3.05) is 13.7 Å². The van der Waals surface area contributed by atoms with Crippen molar-refractivity contribution < 1.29 is 19.1 Å². The van der Waals surface area contributed by atoms with Gasteiger partial charge in [0.1, 0.15) is 0 Å². The highest BCUT2D eigenvalue weighted by molar-refractivity contribution is 8.18. The zero-order valence-corrected chi connectivity index (χ0v) is 11.4. The molecule has 0 atom stereocenters. The van der Waals surface area contributed by atoms with Crippen LogP contribution < -0.4 is 14.8 Å². The van der Waals surface area contributed by atoms with Crippen LogP contribution in [-0.2, 0) is 4.79 Å². The van der Waals surface area contributed by atoms with Gasteiger partial charge in [-0.05, 0) is 42.5 Å². The van der Waals surface area contributed by atoms with Crippen LogP contribution in [0.15, 0.2) is 23.1 Å². The molecule has 0 saturated carbocycles. The van der Waals surface area contributed by atoms with Crippen molar-refractivity contribution >= 4 is 29.0 Å². The maximum Gasteiger partial charge on any atom is 0.290 e. The van der Waals surface area contributed by atoms with Crippen LogP contribution >= 0.6 is 11.8 Å². The van der Waals surface area contributed by atoms with Crippen LogP contribution in [0.4, 0.5) is 4.79 Å². The Morgan fingerprint density at radius 1 is 1.32 bits per heavy atom. The Bertz CT molecular complexity index is 554. The summed E-state index contributed by atoms with van der Waals surface area (Å²) in [5.74, 6) is 0.862. The molecule has 0 unspecified atom stereocenters. The molecule has 1 aliphatic heterocycles. The number of hydrogen-bond donors (Lipinski definition) is 1. The van der Waals surface area contributed by atoms with E-state index in [1.54, 1.807) is 31.4 Å². The lowest BCUT2D eigenvalue weighted by atomic mass is 10.2. The maximum absolute atomic E-state index is 11.4. The molecule has 100 valence electrons. The molecule has 0 aromatic heterocycles. The molecular formula is C13H13NO4S. The normalized spacial score (nSPS) is 16.6. The number of rotatable bonds is 4. The summed E-state index contributed by atoms with van der Waals surface area (Å²) in [6.07, 6.45) is 1.64. The predicted octanol–water partition coefficient (Wildman–Crippen LogP) is 2.42. The number of nitrogens with one attached hydrogen (secondary N) is 1. The zero-order valence-electron chi connectivity index (χ0n) is 10.6. The van der Waals surface area contributed by atoms with Crippen LogP contribution in [0.3, 0.4) is 0 Å². The van der Waals surface area contributed by atoms with Crippen molar-refractivity contribution in [3.05, 3.63) is 28.7 Å². The quantitative estimate of drug-likeness (QED) is 0.857. The van der Waals surface area contributed by atoms with Gasteiger partial charge in [0.15, 0.2) is 11.5 Å². The van der Waals surface area contributed by atoms with E-state index in [0.717, 1.165) is 17.3 Å². The second-order valence-electron chi connectivity index (χ2n) is 3.70. The van der Waals surface area contributed by atoms with Crippen molar-refractivity contribution in [2.45, 2.75) is 6.92 Å². The molecule has 1 saturated heterocycles. The summed E-state index contributed by atoms with van der Waals surface area (Å²) in [5, 5.41) is 1.86. The molecule has 1 heterocycles. The Morgan fingerprint density at radius 2 is 2.11 bits per heavy atom. The van der Waals surface area contributed by atoms with Gasteiger partial charge in [-0.25, -0.2) is 0 Å². The van der Waals surface area contributed by atoms with E-state index in [4.69, 9.17) is 9.47 Å². The smallest absolute Gasteiger partial charge is 0.290 e. The highest BCUT2D eigenvalue weighted by atomic mass is 32.2. The summed E-state index contributed by atoms with van der Waals surface area (Å²) in [6.45, 7) is 2.43. The van der Waals surface area contributed by atoms with E-state index >= 15 is 0 Å². The first-order chi connectivity index (χ1) is 9.13. The fraction of sp³-hybridized carbons (Fsp3) is 0.231. The number of methoxy groups -OCH3 is 1. The van der Waals surface area contributed by atoms with Crippen molar-refractivity contribution in [1.29, 1.82) is 0 Å². The van der Waals surface area contributed by atoms with Gasteiger partial charge in [0, 0.05) is 0 Å². The molecule has 19 heavy (non-hydrogen) atoms. The topological polar surface area (TPSA) is 64.6 Å². The minimum absolute atomic E-state index is 0.353. The van der Waals surface area contributed by atoms with Crippen molar-refractivity contribution in [3.63, 3.8) is 0 Å². The van der Waals surface area contributed by atoms with Crippen LogP contribution in [0.2, 0.25) is 0 Å².